The molecule has 29 heavy (non-hydrogen) atoms. The van der Waals surface area contributed by atoms with Crippen LogP contribution in [0.1, 0.15) is 38.5 Å². The molecule has 4 aromatic heterocycles. The predicted octanol–water partition coefficient (Wildman–Crippen LogP) is 3.65. The topological polar surface area (TPSA) is 86.1 Å². The summed E-state index contributed by atoms with van der Waals surface area (Å²) in [5.41, 5.74) is 1.60. The summed E-state index contributed by atoms with van der Waals surface area (Å²) in [6.07, 6.45) is 11.5. The van der Waals surface area contributed by atoms with Gasteiger partial charge in [0.15, 0.2) is 17.1 Å². The molecule has 0 unspecified atom stereocenters. The molecule has 4 aliphatic rings. The first-order valence-electron chi connectivity index (χ1n) is 10.6. The molecule has 4 aromatic rings. The van der Waals surface area contributed by atoms with Gasteiger partial charge in [0.25, 0.3) is 0 Å². The molecule has 1 N–H and O–H groups in total. The smallest absolute Gasteiger partial charge is 0.228 e. The lowest BCUT2D eigenvalue weighted by Gasteiger charge is -2.56. The zero-order chi connectivity index (χ0) is 19.2. The van der Waals surface area contributed by atoms with E-state index in [4.69, 9.17) is 19.5 Å². The summed E-state index contributed by atoms with van der Waals surface area (Å²) in [6.45, 7) is 0. The molecule has 0 spiro atoms. The second-order valence-corrected chi connectivity index (χ2v) is 9.45. The lowest BCUT2D eigenvalue weighted by atomic mass is 9.53. The molecular weight excluding hydrogens is 366 g/mol. The molecule has 4 saturated carbocycles. The van der Waals surface area contributed by atoms with E-state index in [1.165, 1.54) is 38.5 Å². The van der Waals surface area contributed by atoms with Crippen LogP contribution in [0.2, 0.25) is 0 Å². The molecule has 0 aromatic carbocycles. The van der Waals surface area contributed by atoms with E-state index in [0.29, 0.717) is 17.2 Å². The van der Waals surface area contributed by atoms with E-state index < -0.39 is 0 Å². The Balaban J connectivity index is 1.40. The van der Waals surface area contributed by atoms with Crippen molar-refractivity contribution in [3.05, 3.63) is 24.6 Å². The van der Waals surface area contributed by atoms with Crippen molar-refractivity contribution in [2.24, 2.45) is 24.8 Å². The van der Waals surface area contributed by atoms with Gasteiger partial charge >= 0.3 is 0 Å². The van der Waals surface area contributed by atoms with Crippen molar-refractivity contribution in [1.29, 1.82) is 0 Å². The van der Waals surface area contributed by atoms with Crippen molar-refractivity contribution in [3.63, 3.8) is 0 Å². The van der Waals surface area contributed by atoms with Crippen LogP contribution in [0.15, 0.2) is 29.0 Å². The SMILES string of the molecule is Cn1cc2c(nc(NC34CC5CC(CC(C5)C3)C4)n3nc(-c4ccco4)nc23)n1. The van der Waals surface area contributed by atoms with E-state index in [9.17, 15) is 0 Å². The predicted molar refractivity (Wildman–Crippen MR) is 107 cm³/mol. The van der Waals surface area contributed by atoms with Gasteiger partial charge in [-0.25, -0.2) is 4.98 Å². The van der Waals surface area contributed by atoms with Crippen LogP contribution in [-0.4, -0.2) is 34.9 Å². The Morgan fingerprint density at radius 2 is 1.83 bits per heavy atom. The molecular formula is C21H23N7O. The van der Waals surface area contributed by atoms with Crippen molar-refractivity contribution in [1.82, 2.24) is 29.4 Å². The summed E-state index contributed by atoms with van der Waals surface area (Å²) in [7, 11) is 1.91. The van der Waals surface area contributed by atoms with Crippen LogP contribution in [0.25, 0.3) is 28.3 Å². The lowest BCUT2D eigenvalue weighted by molar-refractivity contribution is 0.0103. The lowest BCUT2D eigenvalue weighted by Crippen LogP contribution is -2.55. The van der Waals surface area contributed by atoms with Crippen LogP contribution in [-0.2, 0) is 7.05 Å². The average molecular weight is 389 g/mol. The van der Waals surface area contributed by atoms with E-state index in [-0.39, 0.29) is 5.54 Å². The molecule has 4 bridgehead atoms. The van der Waals surface area contributed by atoms with E-state index in [1.54, 1.807) is 10.9 Å². The third-order valence-electron chi connectivity index (χ3n) is 7.23. The van der Waals surface area contributed by atoms with Crippen molar-refractivity contribution in [2.45, 2.75) is 44.1 Å². The van der Waals surface area contributed by atoms with E-state index >= 15 is 0 Å². The largest absolute Gasteiger partial charge is 0.461 e. The van der Waals surface area contributed by atoms with Gasteiger partial charge in [-0.15, -0.1) is 5.10 Å². The highest BCUT2D eigenvalue weighted by atomic mass is 16.3. The van der Waals surface area contributed by atoms with Gasteiger partial charge in [-0.2, -0.15) is 14.6 Å². The number of fused-ring (bicyclic) bond motifs is 3. The number of hydrogen-bond acceptors (Lipinski definition) is 6. The molecule has 4 aliphatic carbocycles. The Morgan fingerprint density at radius 3 is 2.52 bits per heavy atom. The second kappa shape index (κ2) is 5.37. The molecule has 8 rings (SSSR count). The van der Waals surface area contributed by atoms with Crippen molar-refractivity contribution >= 4 is 22.6 Å². The molecule has 0 amide bonds. The van der Waals surface area contributed by atoms with E-state index in [2.05, 4.69) is 10.4 Å². The third-order valence-corrected chi connectivity index (χ3v) is 7.23. The first-order valence-corrected chi connectivity index (χ1v) is 10.6. The minimum Gasteiger partial charge on any atom is -0.461 e. The molecule has 0 saturated heterocycles. The van der Waals surface area contributed by atoms with Gasteiger partial charge in [-0.05, 0) is 68.4 Å². The maximum atomic E-state index is 5.54. The molecule has 0 aliphatic heterocycles. The first kappa shape index (κ1) is 16.0. The number of nitrogens with one attached hydrogen (secondary N) is 1. The van der Waals surface area contributed by atoms with E-state index in [1.807, 2.05) is 29.9 Å². The Bertz CT molecular complexity index is 1200. The highest BCUT2D eigenvalue weighted by Crippen LogP contribution is 2.56. The van der Waals surface area contributed by atoms with Crippen molar-refractivity contribution in [2.75, 3.05) is 5.32 Å². The molecule has 148 valence electrons. The summed E-state index contributed by atoms with van der Waals surface area (Å²) in [5.74, 6) is 4.55. The number of furan rings is 1. The van der Waals surface area contributed by atoms with Gasteiger partial charge in [0, 0.05) is 18.8 Å². The van der Waals surface area contributed by atoms with Crippen LogP contribution in [0, 0.1) is 17.8 Å². The number of rotatable bonds is 3. The fraction of sp³-hybridized carbons (Fsp3) is 0.524. The van der Waals surface area contributed by atoms with Gasteiger partial charge in [0.05, 0.1) is 11.6 Å². The molecule has 0 atom stereocenters. The fourth-order valence-corrected chi connectivity index (χ4v) is 6.59. The number of nitrogens with zero attached hydrogens (tertiary/aromatic N) is 6. The van der Waals surface area contributed by atoms with Crippen LogP contribution in [0.3, 0.4) is 0 Å². The fourth-order valence-electron chi connectivity index (χ4n) is 6.59. The Morgan fingerprint density at radius 1 is 1.07 bits per heavy atom. The van der Waals surface area contributed by atoms with E-state index in [0.717, 1.165) is 34.7 Å². The average Bonchev–Trinajstić information content (AvgIpc) is 3.38. The quantitative estimate of drug-likeness (QED) is 0.576. The highest BCUT2D eigenvalue weighted by Gasteiger charge is 2.51. The van der Waals surface area contributed by atoms with Gasteiger partial charge in [0.1, 0.15) is 0 Å². The van der Waals surface area contributed by atoms with Crippen LogP contribution >= 0.6 is 0 Å². The van der Waals surface area contributed by atoms with Crippen LogP contribution in [0.4, 0.5) is 5.95 Å². The second-order valence-electron chi connectivity index (χ2n) is 9.45. The summed E-state index contributed by atoms with van der Waals surface area (Å²) >= 11 is 0. The molecule has 4 fully saturated rings. The van der Waals surface area contributed by atoms with Gasteiger partial charge in [-0.3, -0.25) is 4.68 Å². The number of anilines is 1. The Labute approximate surface area is 167 Å². The third kappa shape index (κ3) is 2.31. The monoisotopic (exact) mass is 389 g/mol. The van der Waals surface area contributed by atoms with Crippen LogP contribution in [0.5, 0.6) is 0 Å². The van der Waals surface area contributed by atoms with Crippen molar-refractivity contribution in [3.8, 4) is 11.6 Å². The standard InChI is InChI=1S/C21H23N7O/c1-27-11-15-17(25-27)23-20(28-19(15)22-18(26-28)16-3-2-4-29-16)24-21-8-12-5-13(9-21)7-14(6-12)10-21/h2-4,11-14H,5-10H2,1H3,(H,23,24,25). The minimum atomic E-state index is 0.133. The summed E-state index contributed by atoms with van der Waals surface area (Å²) in [6, 6.07) is 3.74. The molecule has 0 radical (unpaired) electrons. The maximum absolute atomic E-state index is 5.54. The molecule has 4 heterocycles. The molecule has 8 nitrogen and oxygen atoms in total. The summed E-state index contributed by atoms with van der Waals surface area (Å²) < 4.78 is 9.17. The molecule has 8 heteroatoms. The Hall–Kier alpha value is -2.90. The normalized spacial score (nSPS) is 30.6. The minimum absolute atomic E-state index is 0.133. The summed E-state index contributed by atoms with van der Waals surface area (Å²) in [5, 5.41) is 14.1. The summed E-state index contributed by atoms with van der Waals surface area (Å²) in [4.78, 5) is 9.66. The van der Waals surface area contributed by atoms with Crippen molar-refractivity contribution < 1.29 is 4.42 Å². The highest BCUT2D eigenvalue weighted by molar-refractivity contribution is 5.90. The number of aryl methyl sites for hydroxylation is 1. The number of hydrogen-bond donors (Lipinski definition) is 1. The van der Waals surface area contributed by atoms with Gasteiger partial charge < -0.3 is 9.73 Å². The zero-order valence-corrected chi connectivity index (χ0v) is 16.4. The first-order chi connectivity index (χ1) is 14.1. The maximum Gasteiger partial charge on any atom is 0.228 e. The zero-order valence-electron chi connectivity index (χ0n) is 16.4. The van der Waals surface area contributed by atoms with Crippen LogP contribution < -0.4 is 5.32 Å². The van der Waals surface area contributed by atoms with Gasteiger partial charge in [-0.1, -0.05) is 0 Å². The Kier molecular flexibility index (Phi) is 2.96. The van der Waals surface area contributed by atoms with Gasteiger partial charge in [0.2, 0.25) is 11.8 Å². The number of aromatic nitrogens is 6.